The molecule has 0 radical (unpaired) electrons. The molecular formula is C49H60N4O8. The number of hydrogen-bond acceptors (Lipinski definition) is 10. The van der Waals surface area contributed by atoms with Crippen LogP contribution < -0.4 is 19.7 Å². The number of amides is 3. The molecule has 3 aromatic carbocycles. The van der Waals surface area contributed by atoms with Crippen molar-refractivity contribution in [1.82, 2.24) is 15.1 Å². The normalized spacial score (nSPS) is 22.6. The van der Waals surface area contributed by atoms with E-state index >= 15 is 0 Å². The Labute approximate surface area is 359 Å². The lowest BCUT2D eigenvalue weighted by Crippen LogP contribution is -2.52. The summed E-state index contributed by atoms with van der Waals surface area (Å²) in [5.41, 5.74) is 6.16. The lowest BCUT2D eigenvalue weighted by atomic mass is 9.66. The molecular weight excluding hydrogens is 773 g/mol. The number of carbonyl (C=O) groups is 3. The van der Waals surface area contributed by atoms with Gasteiger partial charge in [0.15, 0.2) is 0 Å². The van der Waals surface area contributed by atoms with Gasteiger partial charge in [-0.1, -0.05) is 42.5 Å². The molecule has 3 aliphatic heterocycles. The van der Waals surface area contributed by atoms with Gasteiger partial charge in [-0.15, -0.1) is 0 Å². The van der Waals surface area contributed by atoms with Crippen LogP contribution in [0.4, 0.5) is 5.69 Å². The minimum absolute atomic E-state index is 0.208. The molecule has 0 aromatic heterocycles. The van der Waals surface area contributed by atoms with Crippen molar-refractivity contribution in [2.75, 3.05) is 77.8 Å². The first kappa shape index (κ1) is 42.5. The van der Waals surface area contributed by atoms with Crippen molar-refractivity contribution < 1.29 is 38.4 Å². The monoisotopic (exact) mass is 832 g/mol. The minimum atomic E-state index is -0.688. The Morgan fingerprint density at radius 3 is 2.44 bits per heavy atom. The number of aryl methyl sites for hydroxylation is 1. The van der Waals surface area contributed by atoms with Gasteiger partial charge in [-0.05, 0) is 116 Å². The number of phenols is 1. The Morgan fingerprint density at radius 2 is 1.66 bits per heavy atom. The summed E-state index contributed by atoms with van der Waals surface area (Å²) in [5.74, 6) is 2.26. The summed E-state index contributed by atoms with van der Waals surface area (Å²) in [6.45, 7) is 7.11. The fourth-order valence-corrected chi connectivity index (χ4v) is 9.88. The molecule has 2 saturated heterocycles. The number of fused-ring (bicyclic) bond motifs is 2. The highest BCUT2D eigenvalue weighted by Gasteiger charge is 2.41. The number of piperazine rings is 1. The van der Waals surface area contributed by atoms with Crippen molar-refractivity contribution in [3.8, 4) is 17.2 Å². The van der Waals surface area contributed by atoms with E-state index in [4.69, 9.17) is 18.9 Å². The predicted molar refractivity (Wildman–Crippen MR) is 233 cm³/mol. The number of imide groups is 1. The van der Waals surface area contributed by atoms with Crippen LogP contribution in [-0.2, 0) is 32.0 Å². The quantitative estimate of drug-likeness (QED) is 0.110. The molecule has 61 heavy (non-hydrogen) atoms. The maximum atomic E-state index is 13.6. The topological polar surface area (TPSA) is 130 Å². The van der Waals surface area contributed by atoms with E-state index in [2.05, 4.69) is 69.8 Å². The van der Waals surface area contributed by atoms with Crippen LogP contribution in [0.5, 0.6) is 17.2 Å². The summed E-state index contributed by atoms with van der Waals surface area (Å²) in [6.07, 6.45) is 15.9. The molecule has 0 saturated carbocycles. The van der Waals surface area contributed by atoms with Crippen LogP contribution in [0, 0.1) is 11.8 Å². The van der Waals surface area contributed by atoms with Crippen molar-refractivity contribution in [3.05, 3.63) is 107 Å². The fourth-order valence-electron chi connectivity index (χ4n) is 9.88. The van der Waals surface area contributed by atoms with Gasteiger partial charge in [-0.25, -0.2) is 0 Å². The molecule has 2 fully saturated rings. The zero-order valence-electron chi connectivity index (χ0n) is 35.4. The number of unbranched alkanes of at least 4 members (excludes halogenated alkanes) is 2. The number of phenolic OH excluding ortho intramolecular Hbond substituents is 1. The van der Waals surface area contributed by atoms with Crippen LogP contribution in [0.25, 0.3) is 0 Å². The lowest BCUT2D eigenvalue weighted by Gasteiger charge is -2.38. The molecule has 2 N–H and O–H groups in total. The van der Waals surface area contributed by atoms with E-state index in [-0.39, 0.29) is 30.7 Å². The van der Waals surface area contributed by atoms with Crippen LogP contribution >= 0.6 is 0 Å². The van der Waals surface area contributed by atoms with Gasteiger partial charge in [0.25, 0.3) is 5.91 Å². The van der Waals surface area contributed by atoms with Gasteiger partial charge in [-0.2, -0.15) is 0 Å². The zero-order valence-corrected chi connectivity index (χ0v) is 35.4. The molecule has 5 aliphatic rings. The largest absolute Gasteiger partial charge is 0.508 e. The molecule has 0 bridgehead atoms. The van der Waals surface area contributed by atoms with Gasteiger partial charge in [-0.3, -0.25) is 24.6 Å². The number of ether oxygens (including phenoxy) is 4. The first-order valence-electron chi connectivity index (χ1n) is 22.2. The first-order valence-corrected chi connectivity index (χ1v) is 22.2. The number of nitrogens with one attached hydrogen (secondary N) is 1. The maximum absolute atomic E-state index is 13.6. The van der Waals surface area contributed by atoms with E-state index in [0.29, 0.717) is 68.4 Å². The third-order valence-electron chi connectivity index (χ3n) is 13.1. The predicted octanol–water partition coefficient (Wildman–Crippen LogP) is 6.39. The second kappa shape index (κ2) is 20.1. The first-order chi connectivity index (χ1) is 29.9. The third kappa shape index (κ3) is 9.98. The molecule has 3 aromatic rings. The van der Waals surface area contributed by atoms with Crippen LogP contribution in [0.15, 0.2) is 78.9 Å². The molecule has 324 valence electrons. The van der Waals surface area contributed by atoms with Crippen molar-refractivity contribution in [3.63, 3.8) is 0 Å². The average molecular weight is 833 g/mol. The Balaban J connectivity index is 0.810. The number of hydrogen-bond donors (Lipinski definition) is 2. The summed E-state index contributed by atoms with van der Waals surface area (Å²) >= 11 is 0. The summed E-state index contributed by atoms with van der Waals surface area (Å²) in [5, 5.41) is 12.6. The number of nitrogens with zero attached hydrogens (tertiary/aromatic N) is 3. The van der Waals surface area contributed by atoms with Crippen LogP contribution in [-0.4, -0.2) is 112 Å². The van der Waals surface area contributed by atoms with Crippen molar-refractivity contribution in [1.29, 1.82) is 0 Å². The summed E-state index contributed by atoms with van der Waals surface area (Å²) < 4.78 is 23.4. The third-order valence-corrected chi connectivity index (χ3v) is 13.1. The van der Waals surface area contributed by atoms with Gasteiger partial charge in [0.1, 0.15) is 29.9 Å². The summed E-state index contributed by atoms with van der Waals surface area (Å²) in [6, 6.07) is 17.8. The number of allylic oxidation sites excluding steroid dienone is 4. The fraction of sp³-hybridized carbons (Fsp3) is 0.490. The van der Waals surface area contributed by atoms with Gasteiger partial charge in [0.05, 0.1) is 38.7 Å². The van der Waals surface area contributed by atoms with Crippen LogP contribution in [0.1, 0.15) is 83.5 Å². The SMILES string of the molecule is COCCOCCOc1c(N2CCN(CCCCCOc3ccc([C@@H]4c5ccc(O)cc5CC[C@@H]4C4C=CC=CC4)cc3)CC2)ccc2c1CN(C1CCC(=O)NC1=O)C2=O. The van der Waals surface area contributed by atoms with Gasteiger partial charge in [0.2, 0.25) is 11.8 Å². The maximum Gasteiger partial charge on any atom is 0.255 e. The second-order valence-corrected chi connectivity index (χ2v) is 16.9. The standard InChI is InChI=1S/C49H60N4O8/c1-58-28-29-59-30-31-61-47-42-33-53(44-20-21-45(55)50-48(44)56)49(57)41(42)18-19-43(47)52-25-23-51(24-26-52)22-6-3-7-27-60-38-14-10-35(11-15-38)46-39(34-8-4-2-5-9-34)16-12-36-32-37(54)13-17-40(36)46/h2,4-5,8,10-11,13-15,17-19,32,34,39,44,46,54H,3,6-7,9,12,16,20-31,33H2,1H3,(H,50,55,56)/t34?,39-,44?,46+/m1/s1. The molecule has 12 heteroatoms. The van der Waals surface area contributed by atoms with Crippen LogP contribution in [0.2, 0.25) is 0 Å². The highest BCUT2D eigenvalue weighted by atomic mass is 16.5. The van der Waals surface area contributed by atoms with Crippen molar-refractivity contribution in [2.45, 2.75) is 69.9 Å². The van der Waals surface area contributed by atoms with E-state index in [0.717, 1.165) is 88.2 Å². The van der Waals surface area contributed by atoms with E-state index in [1.54, 1.807) is 12.0 Å². The van der Waals surface area contributed by atoms with Crippen molar-refractivity contribution in [2.24, 2.45) is 11.8 Å². The number of anilines is 1. The molecule has 3 heterocycles. The number of carbonyl (C=O) groups excluding carboxylic acids is 3. The van der Waals surface area contributed by atoms with Gasteiger partial charge in [0, 0.05) is 56.8 Å². The summed E-state index contributed by atoms with van der Waals surface area (Å²) in [4.78, 5) is 44.6. The van der Waals surface area contributed by atoms with E-state index in [9.17, 15) is 19.5 Å². The molecule has 4 atom stereocenters. The molecule has 12 nitrogen and oxygen atoms in total. The summed E-state index contributed by atoms with van der Waals surface area (Å²) in [7, 11) is 1.63. The van der Waals surface area contributed by atoms with Crippen molar-refractivity contribution >= 4 is 23.4 Å². The number of methoxy groups -OCH3 is 1. The minimum Gasteiger partial charge on any atom is -0.508 e. The molecule has 2 aliphatic carbocycles. The second-order valence-electron chi connectivity index (χ2n) is 16.9. The number of rotatable bonds is 18. The van der Waals surface area contributed by atoms with E-state index in [1.165, 1.54) is 16.7 Å². The van der Waals surface area contributed by atoms with E-state index < -0.39 is 11.9 Å². The smallest absolute Gasteiger partial charge is 0.255 e. The highest BCUT2D eigenvalue weighted by molar-refractivity contribution is 6.06. The molecule has 3 amide bonds. The molecule has 8 rings (SSSR count). The number of piperidine rings is 1. The lowest BCUT2D eigenvalue weighted by molar-refractivity contribution is -0.136. The number of benzene rings is 3. The van der Waals surface area contributed by atoms with Gasteiger partial charge < -0.3 is 33.9 Å². The van der Waals surface area contributed by atoms with E-state index in [1.807, 2.05) is 24.3 Å². The Kier molecular flexibility index (Phi) is 14.0. The van der Waals surface area contributed by atoms with Gasteiger partial charge >= 0.3 is 0 Å². The number of aromatic hydroxyl groups is 1. The Hall–Kier alpha value is -5.17. The average Bonchev–Trinajstić information content (AvgIpc) is 3.62. The van der Waals surface area contributed by atoms with Crippen LogP contribution in [0.3, 0.4) is 0 Å². The highest BCUT2D eigenvalue weighted by Crippen LogP contribution is 2.47. The molecule has 0 spiro atoms. The Bertz CT molecular complexity index is 2080. The zero-order chi connectivity index (χ0) is 42.1. The molecule has 2 unspecified atom stereocenters. The Morgan fingerprint density at radius 1 is 0.820 bits per heavy atom.